The topological polar surface area (TPSA) is 33.2 Å². The number of rotatable bonds is 3. The van der Waals surface area contributed by atoms with Crippen LogP contribution in [-0.2, 0) is 6.42 Å². The molecule has 7 heteroatoms. The Labute approximate surface area is 131 Å². The highest BCUT2D eigenvalue weighted by Gasteiger charge is 2.69. The summed E-state index contributed by atoms with van der Waals surface area (Å²) in [4.78, 5) is 18.9. The van der Waals surface area contributed by atoms with E-state index in [9.17, 15) is 18.0 Å². The molecule has 1 aromatic heterocycles. The molecule has 0 N–H and O–H groups in total. The molecule has 0 aromatic carbocycles. The number of fused-ring (bicyclic) bond motifs is 1. The third kappa shape index (κ3) is 2.64. The molecule has 1 aliphatic heterocycles. The average molecular weight is 332 g/mol. The van der Waals surface area contributed by atoms with Crippen LogP contribution < -0.4 is 0 Å². The molecule has 3 atom stereocenters. The number of aromatic nitrogens is 1. The van der Waals surface area contributed by atoms with E-state index in [0.717, 1.165) is 11.4 Å². The first-order chi connectivity index (χ1) is 10.2. The van der Waals surface area contributed by atoms with Crippen LogP contribution in [0.5, 0.6) is 0 Å². The van der Waals surface area contributed by atoms with Crippen LogP contribution in [0, 0.1) is 24.7 Å². The molecular weight excluding hydrogens is 313 g/mol. The summed E-state index contributed by atoms with van der Waals surface area (Å²) in [5.74, 6) is -1.56. The largest absolute Gasteiger partial charge is 0.394 e. The van der Waals surface area contributed by atoms with Gasteiger partial charge in [-0.15, -0.1) is 11.3 Å². The van der Waals surface area contributed by atoms with E-state index < -0.39 is 24.1 Å². The first-order valence-corrected chi connectivity index (χ1v) is 8.35. The van der Waals surface area contributed by atoms with E-state index in [1.807, 2.05) is 0 Å². The predicted octanol–water partition coefficient (Wildman–Crippen LogP) is 3.67. The van der Waals surface area contributed by atoms with E-state index in [4.69, 9.17) is 0 Å². The zero-order valence-corrected chi connectivity index (χ0v) is 13.6. The summed E-state index contributed by atoms with van der Waals surface area (Å²) in [5, 5.41) is 0.884. The standard InChI is InChI=1S/C15H19F3N2OS/c1-7(2)6-10-19-8(3)13(22-10)14(21)20-5-4-9-11(12(9)20)15(16,17)18/h7,9,11-12H,4-6H2,1-3H3/t9-,11-,12+/m0/s1. The van der Waals surface area contributed by atoms with E-state index in [-0.39, 0.29) is 5.91 Å². The minimum absolute atomic E-state index is 0.274. The lowest BCUT2D eigenvalue weighted by Crippen LogP contribution is -2.35. The summed E-state index contributed by atoms with van der Waals surface area (Å²) >= 11 is 1.33. The van der Waals surface area contributed by atoms with Crippen molar-refractivity contribution in [3.05, 3.63) is 15.6 Å². The van der Waals surface area contributed by atoms with Gasteiger partial charge in [0.25, 0.3) is 5.91 Å². The lowest BCUT2D eigenvalue weighted by atomic mass is 10.1. The van der Waals surface area contributed by atoms with Gasteiger partial charge in [0.2, 0.25) is 0 Å². The van der Waals surface area contributed by atoms with E-state index in [1.54, 1.807) is 6.92 Å². The van der Waals surface area contributed by atoms with Crippen molar-refractivity contribution in [3.8, 4) is 0 Å². The van der Waals surface area contributed by atoms with Crippen LogP contribution >= 0.6 is 11.3 Å². The van der Waals surface area contributed by atoms with E-state index >= 15 is 0 Å². The maximum atomic E-state index is 12.9. The summed E-state index contributed by atoms with van der Waals surface area (Å²) in [7, 11) is 0. The number of alkyl halides is 3. The van der Waals surface area contributed by atoms with Gasteiger partial charge in [-0.3, -0.25) is 4.79 Å². The molecule has 0 unspecified atom stereocenters. The van der Waals surface area contributed by atoms with Crippen LogP contribution in [0.2, 0.25) is 0 Å². The molecule has 0 radical (unpaired) electrons. The molecule has 3 nitrogen and oxygen atoms in total. The molecule has 2 heterocycles. The van der Waals surface area contributed by atoms with Gasteiger partial charge in [-0.2, -0.15) is 13.2 Å². The fraction of sp³-hybridized carbons (Fsp3) is 0.733. The molecule has 1 saturated carbocycles. The van der Waals surface area contributed by atoms with Crippen molar-refractivity contribution in [2.24, 2.45) is 17.8 Å². The zero-order valence-electron chi connectivity index (χ0n) is 12.8. The number of halogens is 3. The van der Waals surface area contributed by atoms with Crippen LogP contribution in [0.25, 0.3) is 0 Å². The smallest absolute Gasteiger partial charge is 0.334 e. The van der Waals surface area contributed by atoms with Crippen LogP contribution in [0.1, 0.15) is 40.6 Å². The Morgan fingerprint density at radius 2 is 2.14 bits per heavy atom. The molecular formula is C15H19F3N2OS. The van der Waals surface area contributed by atoms with Gasteiger partial charge in [0.15, 0.2) is 0 Å². The second-order valence-corrected chi connectivity index (χ2v) is 7.71. The summed E-state index contributed by atoms with van der Waals surface area (Å²) in [6.07, 6.45) is -2.95. The fourth-order valence-corrected chi connectivity index (χ4v) is 4.69. The number of aryl methyl sites for hydroxylation is 1. The van der Waals surface area contributed by atoms with Gasteiger partial charge in [0, 0.05) is 19.0 Å². The Morgan fingerprint density at radius 1 is 1.45 bits per heavy atom. The highest BCUT2D eigenvalue weighted by Crippen LogP contribution is 2.58. The highest BCUT2D eigenvalue weighted by atomic mass is 32.1. The monoisotopic (exact) mass is 332 g/mol. The molecule has 0 spiro atoms. The van der Waals surface area contributed by atoms with Crippen molar-refractivity contribution in [1.29, 1.82) is 0 Å². The molecule has 1 aliphatic carbocycles. The van der Waals surface area contributed by atoms with Crippen LogP contribution in [-0.4, -0.2) is 34.6 Å². The number of piperidine rings is 1. The average Bonchev–Trinajstić information content (AvgIpc) is 2.77. The Bertz CT molecular complexity index is 596. The first-order valence-electron chi connectivity index (χ1n) is 7.54. The zero-order chi connectivity index (χ0) is 16.2. The van der Waals surface area contributed by atoms with Crippen molar-refractivity contribution in [2.75, 3.05) is 6.54 Å². The second kappa shape index (κ2) is 5.22. The molecule has 1 amide bonds. The number of hydrogen-bond acceptors (Lipinski definition) is 3. The predicted molar refractivity (Wildman–Crippen MR) is 77.9 cm³/mol. The van der Waals surface area contributed by atoms with E-state index in [2.05, 4.69) is 18.8 Å². The SMILES string of the molecule is Cc1nc(CC(C)C)sc1C(=O)N1CC[C@@H]2[C@@H]1[C@H]2C(F)(F)F. The molecule has 22 heavy (non-hydrogen) atoms. The first kappa shape index (κ1) is 15.8. The minimum Gasteiger partial charge on any atom is -0.334 e. The number of amides is 1. The van der Waals surface area contributed by atoms with Gasteiger partial charge in [-0.25, -0.2) is 4.98 Å². The molecule has 3 rings (SSSR count). The molecule has 0 bridgehead atoms. The van der Waals surface area contributed by atoms with Gasteiger partial charge in [-0.05, 0) is 25.2 Å². The summed E-state index contributed by atoms with van der Waals surface area (Å²) in [6, 6.07) is -0.650. The third-order valence-corrected chi connectivity index (χ3v) is 5.61. The van der Waals surface area contributed by atoms with Crippen LogP contribution in [0.15, 0.2) is 0 Å². The fourth-order valence-electron chi connectivity index (χ4n) is 3.46. The molecule has 1 aromatic rings. The van der Waals surface area contributed by atoms with Crippen LogP contribution in [0.4, 0.5) is 13.2 Å². The Kier molecular flexibility index (Phi) is 3.74. The normalized spacial score (nSPS) is 27.4. The lowest BCUT2D eigenvalue weighted by molar-refractivity contribution is -0.156. The van der Waals surface area contributed by atoms with Crippen molar-refractivity contribution < 1.29 is 18.0 Å². The van der Waals surface area contributed by atoms with Gasteiger partial charge >= 0.3 is 6.18 Å². The van der Waals surface area contributed by atoms with Crippen molar-refractivity contribution >= 4 is 17.2 Å². The number of carbonyl (C=O) groups excluding carboxylic acids is 1. The molecule has 122 valence electrons. The molecule has 1 saturated heterocycles. The van der Waals surface area contributed by atoms with Gasteiger partial charge < -0.3 is 4.90 Å². The van der Waals surface area contributed by atoms with E-state index in [0.29, 0.717) is 29.5 Å². The maximum absolute atomic E-state index is 12.9. The number of nitrogens with zero attached hydrogens (tertiary/aromatic N) is 2. The number of carbonyl (C=O) groups is 1. The van der Waals surface area contributed by atoms with Crippen LogP contribution in [0.3, 0.4) is 0 Å². The summed E-state index contributed by atoms with van der Waals surface area (Å²) in [6.45, 7) is 6.33. The third-order valence-electron chi connectivity index (χ3n) is 4.45. The van der Waals surface area contributed by atoms with Gasteiger partial charge in [0.05, 0.1) is 16.6 Å². The summed E-state index contributed by atoms with van der Waals surface area (Å²) in [5.41, 5.74) is 0.637. The van der Waals surface area contributed by atoms with Gasteiger partial charge in [0.1, 0.15) is 4.88 Å². The highest BCUT2D eigenvalue weighted by molar-refractivity contribution is 7.13. The van der Waals surface area contributed by atoms with Crippen molar-refractivity contribution in [3.63, 3.8) is 0 Å². The van der Waals surface area contributed by atoms with Crippen molar-refractivity contribution in [1.82, 2.24) is 9.88 Å². The number of hydrogen-bond donors (Lipinski definition) is 0. The Hall–Kier alpha value is -1.11. The Morgan fingerprint density at radius 3 is 2.68 bits per heavy atom. The number of likely N-dealkylation sites (tertiary alicyclic amines) is 1. The molecule has 2 aliphatic rings. The van der Waals surface area contributed by atoms with Gasteiger partial charge in [-0.1, -0.05) is 13.8 Å². The minimum atomic E-state index is -4.19. The molecule has 2 fully saturated rings. The number of thiazole rings is 1. The summed E-state index contributed by atoms with van der Waals surface area (Å²) < 4.78 is 38.6. The maximum Gasteiger partial charge on any atom is 0.394 e. The van der Waals surface area contributed by atoms with Crippen molar-refractivity contribution in [2.45, 2.75) is 45.8 Å². The Balaban J connectivity index is 1.77. The quantitative estimate of drug-likeness (QED) is 0.846. The van der Waals surface area contributed by atoms with E-state index in [1.165, 1.54) is 16.2 Å². The lowest BCUT2D eigenvalue weighted by Gasteiger charge is -2.20. The second-order valence-electron chi connectivity index (χ2n) is 6.63.